The fourth-order valence-corrected chi connectivity index (χ4v) is 7.54. The Hall–Kier alpha value is -3.10. The first-order valence-electron chi connectivity index (χ1n) is 13.0. The minimum absolute atomic E-state index is 0.0871. The van der Waals surface area contributed by atoms with Gasteiger partial charge in [-0.25, -0.2) is 25.5 Å². The van der Waals surface area contributed by atoms with E-state index in [0.29, 0.717) is 29.4 Å². The van der Waals surface area contributed by atoms with Gasteiger partial charge in [0.05, 0.1) is 41.8 Å². The van der Waals surface area contributed by atoms with Crippen LogP contribution >= 0.6 is 11.6 Å². The molecule has 0 saturated carbocycles. The number of likely N-dealkylation sites (N-methyl/N-ethyl adjacent to an activating group) is 1. The van der Waals surface area contributed by atoms with Gasteiger partial charge in [-0.05, 0) is 60.5 Å². The molecular formula is C28H33ClFN3O7S2. The van der Waals surface area contributed by atoms with Crippen molar-refractivity contribution in [3.63, 3.8) is 0 Å². The quantitative estimate of drug-likeness (QED) is 0.311. The zero-order valence-electron chi connectivity index (χ0n) is 23.7. The van der Waals surface area contributed by atoms with E-state index >= 15 is 0 Å². The molecule has 42 heavy (non-hydrogen) atoms. The lowest BCUT2D eigenvalue weighted by Gasteiger charge is -2.36. The molecule has 1 saturated heterocycles. The molecule has 3 aromatic carbocycles. The third kappa shape index (κ3) is 6.60. The van der Waals surface area contributed by atoms with Gasteiger partial charge < -0.3 is 19.1 Å². The second-order valence-electron chi connectivity index (χ2n) is 9.57. The molecule has 0 spiro atoms. The molecule has 0 aromatic heterocycles. The zero-order chi connectivity index (χ0) is 30.7. The second kappa shape index (κ2) is 13.0. The number of hydrogen-bond donors (Lipinski definition) is 0. The Kier molecular flexibility index (Phi) is 9.88. The molecule has 10 nitrogen and oxygen atoms in total. The first-order valence-corrected chi connectivity index (χ1v) is 16.2. The predicted molar refractivity (Wildman–Crippen MR) is 158 cm³/mol. The van der Waals surface area contributed by atoms with Crippen molar-refractivity contribution in [1.82, 2.24) is 8.61 Å². The summed E-state index contributed by atoms with van der Waals surface area (Å²) in [5.41, 5.74) is 1.43. The summed E-state index contributed by atoms with van der Waals surface area (Å²) in [4.78, 5) is 1.87. The van der Waals surface area contributed by atoms with E-state index < -0.39 is 25.9 Å². The molecule has 0 unspecified atom stereocenters. The van der Waals surface area contributed by atoms with Gasteiger partial charge in [0, 0.05) is 39.8 Å². The molecule has 228 valence electrons. The lowest BCUT2D eigenvalue weighted by Crippen LogP contribution is -2.48. The molecule has 3 aromatic rings. The lowest BCUT2D eigenvalue weighted by molar-refractivity contribution is 0.354. The standard InChI is InChI=1S/C28H33ClFN3O7S2/c1-31(12-11-20-5-9-27(39-3)28(17-20)40-4)41(34,35)22-7-10-26(38-2)25(19-22)32-13-15-33(16-14-32)42(36,37)21-6-8-24(30)23(29)18-21/h5-10,17-19H,11-16H2,1-4H3. The van der Waals surface area contributed by atoms with E-state index in [1.165, 1.54) is 34.9 Å². The second-order valence-corrected chi connectivity index (χ2v) is 14.0. The maximum Gasteiger partial charge on any atom is 0.243 e. The number of nitrogens with zero attached hydrogens (tertiary/aromatic N) is 3. The number of piperazine rings is 1. The van der Waals surface area contributed by atoms with Crippen LogP contribution in [0.2, 0.25) is 5.02 Å². The van der Waals surface area contributed by atoms with E-state index in [1.54, 1.807) is 32.4 Å². The van der Waals surface area contributed by atoms with E-state index in [4.69, 9.17) is 25.8 Å². The summed E-state index contributed by atoms with van der Waals surface area (Å²) in [6.45, 7) is 1.04. The van der Waals surface area contributed by atoms with Crippen LogP contribution in [-0.2, 0) is 26.5 Å². The van der Waals surface area contributed by atoms with Gasteiger partial charge in [0.2, 0.25) is 20.0 Å². The van der Waals surface area contributed by atoms with Crippen molar-refractivity contribution in [2.75, 3.05) is 66.0 Å². The van der Waals surface area contributed by atoms with Crippen LogP contribution in [0.5, 0.6) is 17.2 Å². The smallest absolute Gasteiger partial charge is 0.243 e. The molecule has 0 bridgehead atoms. The van der Waals surface area contributed by atoms with E-state index in [1.807, 2.05) is 17.0 Å². The minimum atomic E-state index is -3.90. The van der Waals surface area contributed by atoms with Gasteiger partial charge in [-0.2, -0.15) is 4.31 Å². The fraction of sp³-hybridized carbons (Fsp3) is 0.357. The predicted octanol–water partition coefficient (Wildman–Crippen LogP) is 3.88. The topological polar surface area (TPSA) is 106 Å². The van der Waals surface area contributed by atoms with Crippen LogP contribution in [0.25, 0.3) is 0 Å². The molecular weight excluding hydrogens is 609 g/mol. The molecule has 0 amide bonds. The van der Waals surface area contributed by atoms with Crippen LogP contribution in [0.3, 0.4) is 0 Å². The highest BCUT2D eigenvalue weighted by Gasteiger charge is 2.31. The Morgan fingerprint density at radius 1 is 0.810 bits per heavy atom. The summed E-state index contributed by atoms with van der Waals surface area (Å²) in [5, 5.41) is -0.272. The van der Waals surface area contributed by atoms with Crippen LogP contribution in [0.1, 0.15) is 5.56 Å². The Morgan fingerprint density at radius 2 is 1.43 bits per heavy atom. The van der Waals surface area contributed by atoms with Crippen LogP contribution in [0.15, 0.2) is 64.4 Å². The number of halogens is 2. The monoisotopic (exact) mass is 641 g/mol. The summed E-state index contributed by atoms with van der Waals surface area (Å²) >= 11 is 5.80. The Bertz CT molecular complexity index is 1650. The lowest BCUT2D eigenvalue weighted by atomic mass is 10.1. The van der Waals surface area contributed by atoms with Gasteiger partial charge in [0.15, 0.2) is 11.5 Å². The molecule has 1 aliphatic rings. The number of sulfonamides is 2. The molecule has 14 heteroatoms. The molecule has 1 aliphatic heterocycles. The summed E-state index contributed by atoms with van der Waals surface area (Å²) < 4.78 is 85.5. The van der Waals surface area contributed by atoms with Crippen LogP contribution in [-0.4, -0.2) is 86.5 Å². The Balaban J connectivity index is 1.48. The van der Waals surface area contributed by atoms with E-state index in [0.717, 1.165) is 17.7 Å². The summed E-state index contributed by atoms with van der Waals surface area (Å²) in [6, 6.07) is 13.4. The summed E-state index contributed by atoms with van der Waals surface area (Å²) in [7, 11) is -1.66. The fourth-order valence-electron chi connectivity index (χ4n) is 4.66. The third-order valence-electron chi connectivity index (χ3n) is 7.13. The summed E-state index contributed by atoms with van der Waals surface area (Å²) in [5.74, 6) is 0.915. The molecule has 0 N–H and O–H groups in total. The van der Waals surface area contributed by atoms with Crippen LogP contribution < -0.4 is 19.1 Å². The van der Waals surface area contributed by atoms with Gasteiger partial charge in [-0.1, -0.05) is 17.7 Å². The molecule has 4 rings (SSSR count). The maximum absolute atomic E-state index is 13.6. The highest BCUT2D eigenvalue weighted by Crippen LogP contribution is 2.34. The van der Waals surface area contributed by atoms with Crippen molar-refractivity contribution in [2.24, 2.45) is 0 Å². The first kappa shape index (κ1) is 31.8. The average Bonchev–Trinajstić information content (AvgIpc) is 3.00. The maximum atomic E-state index is 13.6. The summed E-state index contributed by atoms with van der Waals surface area (Å²) in [6.07, 6.45) is 0.453. The number of hydrogen-bond acceptors (Lipinski definition) is 8. The molecule has 0 radical (unpaired) electrons. The molecule has 1 heterocycles. The van der Waals surface area contributed by atoms with Gasteiger partial charge in [-0.3, -0.25) is 0 Å². The van der Waals surface area contributed by atoms with E-state index in [-0.39, 0.29) is 47.5 Å². The van der Waals surface area contributed by atoms with Crippen molar-refractivity contribution in [3.05, 3.63) is 71.0 Å². The minimum Gasteiger partial charge on any atom is -0.495 e. The molecule has 0 atom stereocenters. The number of benzene rings is 3. The van der Waals surface area contributed by atoms with E-state index in [9.17, 15) is 21.2 Å². The molecule has 1 fully saturated rings. The number of anilines is 1. The SMILES string of the molecule is COc1ccc(CCN(C)S(=O)(=O)c2ccc(OC)c(N3CCN(S(=O)(=O)c4ccc(F)c(Cl)c4)CC3)c2)cc1OC. The number of methoxy groups -OCH3 is 3. The largest absolute Gasteiger partial charge is 0.495 e. The van der Waals surface area contributed by atoms with Crippen LogP contribution in [0.4, 0.5) is 10.1 Å². The van der Waals surface area contributed by atoms with Gasteiger partial charge in [-0.15, -0.1) is 0 Å². The molecule has 0 aliphatic carbocycles. The highest BCUT2D eigenvalue weighted by atomic mass is 35.5. The Morgan fingerprint density at radius 3 is 2.05 bits per heavy atom. The van der Waals surface area contributed by atoms with Crippen molar-refractivity contribution in [2.45, 2.75) is 16.2 Å². The first-order chi connectivity index (χ1) is 19.9. The van der Waals surface area contributed by atoms with Gasteiger partial charge in [0.1, 0.15) is 11.6 Å². The van der Waals surface area contributed by atoms with Gasteiger partial charge in [0.25, 0.3) is 0 Å². The van der Waals surface area contributed by atoms with Crippen molar-refractivity contribution >= 4 is 37.3 Å². The number of rotatable bonds is 11. The van der Waals surface area contributed by atoms with E-state index in [2.05, 4.69) is 0 Å². The average molecular weight is 642 g/mol. The number of ether oxygens (including phenoxy) is 3. The zero-order valence-corrected chi connectivity index (χ0v) is 26.1. The van der Waals surface area contributed by atoms with Gasteiger partial charge >= 0.3 is 0 Å². The van der Waals surface area contributed by atoms with Crippen molar-refractivity contribution in [1.29, 1.82) is 0 Å². The van der Waals surface area contributed by atoms with Crippen LogP contribution in [0, 0.1) is 5.82 Å². The van der Waals surface area contributed by atoms with Crippen molar-refractivity contribution in [3.8, 4) is 17.2 Å². The van der Waals surface area contributed by atoms with Crippen molar-refractivity contribution < 1.29 is 35.4 Å². The Labute approximate surface area is 251 Å². The normalized spacial score (nSPS) is 14.7. The highest BCUT2D eigenvalue weighted by molar-refractivity contribution is 7.89. The third-order valence-corrected chi connectivity index (χ3v) is 11.2.